The van der Waals surface area contributed by atoms with Crippen molar-refractivity contribution in [1.82, 2.24) is 10.2 Å². The summed E-state index contributed by atoms with van der Waals surface area (Å²) >= 11 is 18.3. The van der Waals surface area contributed by atoms with Gasteiger partial charge in [0, 0.05) is 17.6 Å². The molecule has 208 valence electrons. The molecule has 0 fully saturated rings. The second-order valence-electron chi connectivity index (χ2n) is 9.16. The van der Waals surface area contributed by atoms with Crippen LogP contribution in [-0.4, -0.2) is 43.8 Å². The number of sulfonamides is 1. The zero-order valence-electron chi connectivity index (χ0n) is 21.8. The summed E-state index contributed by atoms with van der Waals surface area (Å²) in [6.45, 7) is 4.90. The molecule has 0 saturated heterocycles. The third-order valence-electron chi connectivity index (χ3n) is 5.88. The molecule has 0 aliphatic heterocycles. The molecule has 2 amide bonds. The van der Waals surface area contributed by atoms with E-state index in [9.17, 15) is 18.0 Å². The summed E-state index contributed by atoms with van der Waals surface area (Å²) in [7, 11) is -4.15. The molecule has 11 heteroatoms. The summed E-state index contributed by atoms with van der Waals surface area (Å²) in [6.07, 6.45) is 0.304. The molecule has 0 saturated carbocycles. The van der Waals surface area contributed by atoms with Gasteiger partial charge in [0.15, 0.2) is 0 Å². The van der Waals surface area contributed by atoms with E-state index in [0.29, 0.717) is 27.1 Å². The van der Waals surface area contributed by atoms with Crippen molar-refractivity contribution in [3.8, 4) is 0 Å². The molecule has 7 nitrogen and oxygen atoms in total. The molecule has 0 spiro atoms. The quantitative estimate of drug-likeness (QED) is 0.281. The average Bonchev–Trinajstić information content (AvgIpc) is 2.89. The molecule has 0 aromatic heterocycles. The summed E-state index contributed by atoms with van der Waals surface area (Å²) in [5.74, 6) is -0.911. The normalized spacial score (nSPS) is 12.2. The fourth-order valence-electron chi connectivity index (χ4n) is 3.99. The van der Waals surface area contributed by atoms with Crippen LogP contribution >= 0.6 is 34.8 Å². The third kappa shape index (κ3) is 7.88. The summed E-state index contributed by atoms with van der Waals surface area (Å²) in [6, 6.07) is 17.9. The topological polar surface area (TPSA) is 86.8 Å². The number of hydrogen-bond donors (Lipinski definition) is 1. The molecule has 0 aliphatic carbocycles. The van der Waals surface area contributed by atoms with Crippen LogP contribution in [0.2, 0.25) is 15.1 Å². The van der Waals surface area contributed by atoms with Crippen LogP contribution < -0.4 is 9.62 Å². The van der Waals surface area contributed by atoms with Crippen LogP contribution in [-0.2, 0) is 26.2 Å². The van der Waals surface area contributed by atoms with Gasteiger partial charge in [0.05, 0.1) is 20.6 Å². The van der Waals surface area contributed by atoms with Crippen LogP contribution in [0.1, 0.15) is 32.8 Å². The molecule has 1 N–H and O–H groups in total. The first-order valence-electron chi connectivity index (χ1n) is 12.3. The van der Waals surface area contributed by atoms with E-state index < -0.39 is 28.5 Å². The predicted molar refractivity (Wildman–Crippen MR) is 157 cm³/mol. The van der Waals surface area contributed by atoms with Crippen molar-refractivity contribution in [2.45, 2.75) is 50.7 Å². The van der Waals surface area contributed by atoms with E-state index in [2.05, 4.69) is 5.32 Å². The first-order valence-corrected chi connectivity index (χ1v) is 14.9. The van der Waals surface area contributed by atoms with E-state index in [0.717, 1.165) is 4.31 Å². The van der Waals surface area contributed by atoms with Crippen molar-refractivity contribution in [2.24, 2.45) is 0 Å². The Kier molecular flexibility index (Phi) is 10.7. The molecule has 0 unspecified atom stereocenters. The van der Waals surface area contributed by atoms with E-state index >= 15 is 0 Å². The Bertz CT molecular complexity index is 1400. The standard InChI is InChI=1S/C28H30Cl3N3O4S/c1-4-26(28(36)32-19(2)3)33(17-20-10-15-24(30)25(31)16-20)27(35)18-34(22-13-11-21(29)12-14-22)39(37,38)23-8-6-5-7-9-23/h5-16,19,26H,4,17-18H2,1-3H3,(H,32,36)/t26-/m0/s1. The Morgan fingerprint density at radius 1 is 0.897 bits per heavy atom. The lowest BCUT2D eigenvalue weighted by Crippen LogP contribution is -2.53. The van der Waals surface area contributed by atoms with Crippen LogP contribution in [0.4, 0.5) is 5.69 Å². The molecule has 0 radical (unpaired) electrons. The first kappa shape index (κ1) is 30.8. The number of carbonyl (C=O) groups is 2. The Labute approximate surface area is 244 Å². The number of nitrogens with zero attached hydrogens (tertiary/aromatic N) is 2. The number of hydrogen-bond acceptors (Lipinski definition) is 4. The maximum atomic E-state index is 14.0. The van der Waals surface area contributed by atoms with Crippen molar-refractivity contribution in [1.29, 1.82) is 0 Å². The molecule has 0 aliphatic rings. The molecule has 0 bridgehead atoms. The van der Waals surface area contributed by atoms with Gasteiger partial charge in [0.1, 0.15) is 12.6 Å². The molecule has 3 rings (SSSR count). The maximum absolute atomic E-state index is 14.0. The number of amides is 2. The predicted octanol–water partition coefficient (Wildman–Crippen LogP) is 6.17. The molecular formula is C28H30Cl3N3O4S. The highest BCUT2D eigenvalue weighted by Gasteiger charge is 2.33. The van der Waals surface area contributed by atoms with Crippen LogP contribution in [0.25, 0.3) is 0 Å². The summed E-state index contributed by atoms with van der Waals surface area (Å²) < 4.78 is 28.5. The van der Waals surface area contributed by atoms with E-state index in [-0.39, 0.29) is 29.1 Å². The highest BCUT2D eigenvalue weighted by atomic mass is 35.5. The van der Waals surface area contributed by atoms with Gasteiger partial charge < -0.3 is 10.2 Å². The maximum Gasteiger partial charge on any atom is 0.264 e. The molecule has 39 heavy (non-hydrogen) atoms. The van der Waals surface area contributed by atoms with E-state index in [1.54, 1.807) is 55.5 Å². The number of anilines is 1. The zero-order valence-corrected chi connectivity index (χ0v) is 24.9. The second kappa shape index (κ2) is 13.5. The molecule has 3 aromatic carbocycles. The summed E-state index contributed by atoms with van der Waals surface area (Å²) in [4.78, 5) is 28.5. The van der Waals surface area contributed by atoms with Gasteiger partial charge in [-0.15, -0.1) is 0 Å². The first-order chi connectivity index (χ1) is 18.4. The minimum Gasteiger partial charge on any atom is -0.352 e. The smallest absolute Gasteiger partial charge is 0.264 e. The minimum atomic E-state index is -4.15. The van der Waals surface area contributed by atoms with Crippen molar-refractivity contribution >= 4 is 62.3 Å². The summed E-state index contributed by atoms with van der Waals surface area (Å²) in [5.41, 5.74) is 0.892. The number of halogens is 3. The van der Waals surface area contributed by atoms with Gasteiger partial charge in [-0.25, -0.2) is 8.42 Å². The Morgan fingerprint density at radius 3 is 2.10 bits per heavy atom. The average molecular weight is 611 g/mol. The zero-order chi connectivity index (χ0) is 28.7. The fourth-order valence-corrected chi connectivity index (χ4v) is 5.87. The van der Waals surface area contributed by atoms with Crippen LogP contribution in [0.3, 0.4) is 0 Å². The SMILES string of the molecule is CC[C@@H](C(=O)NC(C)C)N(Cc1ccc(Cl)c(Cl)c1)C(=O)CN(c1ccc(Cl)cc1)S(=O)(=O)c1ccccc1. The Balaban J connectivity index is 2.06. The lowest BCUT2D eigenvalue weighted by molar-refractivity contribution is -0.140. The number of benzene rings is 3. The van der Waals surface area contributed by atoms with Crippen molar-refractivity contribution in [3.05, 3.63) is 93.4 Å². The van der Waals surface area contributed by atoms with Gasteiger partial charge in [-0.2, -0.15) is 0 Å². The molecular weight excluding hydrogens is 581 g/mol. The molecule has 1 atom stereocenters. The monoisotopic (exact) mass is 609 g/mol. The fraction of sp³-hybridized carbons (Fsp3) is 0.286. The van der Waals surface area contributed by atoms with Gasteiger partial charge >= 0.3 is 0 Å². The molecule has 3 aromatic rings. The Morgan fingerprint density at radius 2 is 1.54 bits per heavy atom. The molecule has 0 heterocycles. The Hall–Kier alpha value is -2.78. The van der Waals surface area contributed by atoms with Gasteiger partial charge in [-0.05, 0) is 74.4 Å². The van der Waals surface area contributed by atoms with E-state index in [4.69, 9.17) is 34.8 Å². The van der Waals surface area contributed by atoms with Crippen LogP contribution in [0, 0.1) is 0 Å². The number of nitrogens with one attached hydrogen (secondary N) is 1. The third-order valence-corrected chi connectivity index (χ3v) is 8.66. The number of carbonyl (C=O) groups excluding carboxylic acids is 2. The van der Waals surface area contributed by atoms with Crippen molar-refractivity contribution in [3.63, 3.8) is 0 Å². The summed E-state index contributed by atoms with van der Waals surface area (Å²) in [5, 5.41) is 3.93. The van der Waals surface area contributed by atoms with Crippen LogP contribution in [0.5, 0.6) is 0 Å². The van der Waals surface area contributed by atoms with Gasteiger partial charge in [0.25, 0.3) is 10.0 Å². The highest BCUT2D eigenvalue weighted by molar-refractivity contribution is 7.92. The van der Waals surface area contributed by atoms with Gasteiger partial charge in [0.2, 0.25) is 11.8 Å². The van der Waals surface area contributed by atoms with Gasteiger partial charge in [-0.1, -0.05) is 66.0 Å². The lowest BCUT2D eigenvalue weighted by Gasteiger charge is -2.33. The van der Waals surface area contributed by atoms with E-state index in [1.165, 1.54) is 29.2 Å². The second-order valence-corrected chi connectivity index (χ2v) is 12.3. The van der Waals surface area contributed by atoms with Crippen LogP contribution in [0.15, 0.2) is 77.7 Å². The highest BCUT2D eigenvalue weighted by Crippen LogP contribution is 2.27. The van der Waals surface area contributed by atoms with E-state index in [1.807, 2.05) is 13.8 Å². The van der Waals surface area contributed by atoms with Gasteiger partial charge in [-0.3, -0.25) is 13.9 Å². The van der Waals surface area contributed by atoms with Crippen molar-refractivity contribution < 1.29 is 18.0 Å². The largest absolute Gasteiger partial charge is 0.352 e. The van der Waals surface area contributed by atoms with Crippen molar-refractivity contribution in [2.75, 3.05) is 10.8 Å². The number of rotatable bonds is 11. The lowest BCUT2D eigenvalue weighted by atomic mass is 10.1. The minimum absolute atomic E-state index is 0.0135.